The molecular weight excluding hydrogens is 240 g/mol. The third-order valence-corrected chi connectivity index (χ3v) is 1.06. The lowest BCUT2D eigenvalue weighted by atomic mass is 10.5. The zero-order valence-electron chi connectivity index (χ0n) is 4.01. The van der Waals surface area contributed by atoms with Gasteiger partial charge in [-0.25, -0.2) is 0 Å². The first-order valence-electron chi connectivity index (χ1n) is 1.93. The third-order valence-electron chi connectivity index (χ3n) is 0.419. The van der Waals surface area contributed by atoms with Gasteiger partial charge in [-0.15, -0.1) is 0 Å². The van der Waals surface area contributed by atoms with Crippen molar-refractivity contribution in [1.82, 2.24) is 0 Å². The van der Waals surface area contributed by atoms with E-state index in [1.54, 1.807) is 6.08 Å². The van der Waals surface area contributed by atoms with Gasteiger partial charge in [0.25, 0.3) is 0 Å². The summed E-state index contributed by atoms with van der Waals surface area (Å²) in [5, 5.41) is 17.6. The highest BCUT2D eigenvalue weighted by molar-refractivity contribution is 9.10. The van der Waals surface area contributed by atoms with Gasteiger partial charge in [-0.2, -0.15) is 0 Å². The van der Waals surface area contributed by atoms with E-state index in [-0.39, 0.29) is 0 Å². The molecule has 8 heavy (non-hydrogen) atoms. The Morgan fingerprint density at radius 1 is 1.50 bits per heavy atom. The monoisotopic (exact) mass is 244 g/mol. The second-order valence-electron chi connectivity index (χ2n) is 1.19. The summed E-state index contributed by atoms with van der Waals surface area (Å²) in [5.41, 5.74) is 0. The zero-order valence-corrected chi connectivity index (χ0v) is 7.18. The molecule has 0 radical (unpaired) electrons. The second-order valence-corrected chi connectivity index (χ2v) is 3.01. The van der Waals surface area contributed by atoms with Gasteiger partial charge in [0.05, 0.1) is 0 Å². The van der Waals surface area contributed by atoms with Gasteiger partial charge >= 0.3 is 0 Å². The highest BCUT2D eigenvalue weighted by Crippen LogP contribution is 2.09. The lowest BCUT2D eigenvalue weighted by molar-refractivity contribution is -0.0258. The molecule has 0 rings (SSSR count). The molecule has 0 unspecified atom stereocenters. The predicted molar refractivity (Wildman–Crippen MR) is 39.0 cm³/mol. The van der Waals surface area contributed by atoms with E-state index in [2.05, 4.69) is 31.9 Å². The van der Waals surface area contributed by atoms with E-state index < -0.39 is 4.70 Å². The first-order valence-corrected chi connectivity index (χ1v) is 3.85. The Kier molecular flexibility index (Phi) is 3.89. The molecule has 0 saturated heterocycles. The minimum atomic E-state index is -1.85. The van der Waals surface area contributed by atoms with Crippen LogP contribution in [-0.2, 0) is 0 Å². The van der Waals surface area contributed by atoms with Crippen LogP contribution in [0.4, 0.5) is 0 Å². The van der Waals surface area contributed by atoms with Crippen molar-refractivity contribution in [3.05, 3.63) is 12.2 Å². The van der Waals surface area contributed by atoms with E-state index in [1.807, 2.05) is 0 Å². The van der Waals surface area contributed by atoms with Gasteiger partial charge in [-0.1, -0.05) is 22.0 Å². The molecule has 4 heteroatoms. The van der Waals surface area contributed by atoms with Crippen LogP contribution in [0, 0.1) is 0 Å². The van der Waals surface area contributed by atoms with Crippen LogP contribution in [0.5, 0.6) is 0 Å². The van der Waals surface area contributed by atoms with Gasteiger partial charge in [0, 0.05) is 5.33 Å². The van der Waals surface area contributed by atoms with E-state index >= 15 is 0 Å². The molecule has 0 amide bonds. The largest absolute Gasteiger partial charge is 0.354 e. The molecule has 0 atom stereocenters. The van der Waals surface area contributed by atoms with Crippen molar-refractivity contribution in [3.63, 3.8) is 0 Å². The van der Waals surface area contributed by atoms with Crippen molar-refractivity contribution in [3.8, 4) is 0 Å². The Morgan fingerprint density at radius 3 is 2.12 bits per heavy atom. The molecule has 0 aliphatic heterocycles. The minimum absolute atomic E-state index is 0.613. The lowest BCUT2D eigenvalue weighted by Gasteiger charge is -2.04. The molecule has 0 aliphatic rings. The van der Waals surface area contributed by atoms with Crippen LogP contribution in [0.2, 0.25) is 0 Å². The Bertz CT molecular complexity index is 84.5. The van der Waals surface area contributed by atoms with Gasteiger partial charge in [0.1, 0.15) is 0 Å². The quantitative estimate of drug-likeness (QED) is 0.433. The molecule has 2 N–H and O–H groups in total. The number of hydrogen-bond donors (Lipinski definition) is 2. The first kappa shape index (κ1) is 8.62. The molecule has 0 aromatic carbocycles. The molecular formula is C4H6Br2O2. The maximum absolute atomic E-state index is 8.51. The molecule has 0 aromatic heterocycles. The summed E-state index contributed by atoms with van der Waals surface area (Å²) in [4.78, 5) is 0. The van der Waals surface area contributed by atoms with Crippen molar-refractivity contribution in [2.75, 3.05) is 5.33 Å². The molecule has 0 aliphatic carbocycles. The number of alkyl halides is 2. The van der Waals surface area contributed by atoms with Crippen molar-refractivity contribution < 1.29 is 10.2 Å². The smallest absolute Gasteiger partial charge is 0.241 e. The standard InChI is InChI=1S/C4H6Br2O2/c5-3-1-2-4(6,7)8/h1-2,7-8H,3H2. The molecule has 0 spiro atoms. The van der Waals surface area contributed by atoms with Crippen LogP contribution >= 0.6 is 31.9 Å². The Hall–Kier alpha value is 0.620. The summed E-state index contributed by atoms with van der Waals surface area (Å²) in [6.45, 7) is 0. The number of halogens is 2. The van der Waals surface area contributed by atoms with E-state index in [0.29, 0.717) is 5.33 Å². The van der Waals surface area contributed by atoms with Crippen LogP contribution in [0.25, 0.3) is 0 Å². The van der Waals surface area contributed by atoms with E-state index in [4.69, 9.17) is 10.2 Å². The minimum Gasteiger partial charge on any atom is -0.354 e. The SMILES string of the molecule is OC(O)(Br)C=CCBr. The van der Waals surface area contributed by atoms with Crippen LogP contribution in [0.1, 0.15) is 0 Å². The first-order chi connectivity index (χ1) is 3.56. The molecule has 0 aromatic rings. The lowest BCUT2D eigenvalue weighted by Crippen LogP contribution is -2.13. The topological polar surface area (TPSA) is 40.5 Å². The van der Waals surface area contributed by atoms with Crippen molar-refractivity contribution in [2.45, 2.75) is 4.70 Å². The Balaban J connectivity index is 3.52. The van der Waals surface area contributed by atoms with E-state index in [9.17, 15) is 0 Å². The van der Waals surface area contributed by atoms with Crippen LogP contribution < -0.4 is 0 Å². The summed E-state index contributed by atoms with van der Waals surface area (Å²) in [6.07, 6.45) is 2.80. The van der Waals surface area contributed by atoms with Gasteiger partial charge in [-0.3, -0.25) is 0 Å². The number of hydrogen-bond acceptors (Lipinski definition) is 2. The normalized spacial score (nSPS) is 13.0. The van der Waals surface area contributed by atoms with E-state index in [1.165, 1.54) is 6.08 Å². The molecule has 0 fully saturated rings. The van der Waals surface area contributed by atoms with Crippen molar-refractivity contribution in [2.24, 2.45) is 0 Å². The van der Waals surface area contributed by atoms with Gasteiger partial charge in [0.2, 0.25) is 4.70 Å². The number of allylic oxidation sites excluding steroid dienone is 1. The average Bonchev–Trinajstić information content (AvgIpc) is 1.59. The molecule has 0 bridgehead atoms. The van der Waals surface area contributed by atoms with Crippen LogP contribution in [0.3, 0.4) is 0 Å². The molecule has 0 saturated carbocycles. The fraction of sp³-hybridized carbons (Fsp3) is 0.500. The average molecular weight is 246 g/mol. The van der Waals surface area contributed by atoms with Gasteiger partial charge < -0.3 is 10.2 Å². The zero-order chi connectivity index (χ0) is 6.62. The predicted octanol–water partition coefficient (Wildman–Crippen LogP) is 0.971. The molecule has 2 nitrogen and oxygen atoms in total. The maximum Gasteiger partial charge on any atom is 0.241 e. The highest BCUT2D eigenvalue weighted by Gasteiger charge is 2.10. The number of aliphatic hydroxyl groups is 2. The number of rotatable bonds is 2. The van der Waals surface area contributed by atoms with Gasteiger partial charge in [0.15, 0.2) is 0 Å². The summed E-state index contributed by atoms with van der Waals surface area (Å²) < 4.78 is -1.85. The van der Waals surface area contributed by atoms with Gasteiger partial charge in [-0.05, 0) is 22.0 Å². The summed E-state index contributed by atoms with van der Waals surface area (Å²) >= 11 is 5.66. The highest BCUT2D eigenvalue weighted by atomic mass is 79.9. The second kappa shape index (κ2) is 3.61. The molecule has 0 heterocycles. The maximum atomic E-state index is 8.51. The summed E-state index contributed by atoms with van der Waals surface area (Å²) in [7, 11) is 0. The van der Waals surface area contributed by atoms with Crippen molar-refractivity contribution >= 4 is 31.9 Å². The fourth-order valence-corrected chi connectivity index (χ4v) is 0.568. The summed E-state index contributed by atoms with van der Waals surface area (Å²) in [5.74, 6) is 0. The van der Waals surface area contributed by atoms with Crippen molar-refractivity contribution in [1.29, 1.82) is 0 Å². The Morgan fingerprint density at radius 2 is 2.00 bits per heavy atom. The van der Waals surface area contributed by atoms with Crippen LogP contribution in [0.15, 0.2) is 12.2 Å². The van der Waals surface area contributed by atoms with Crippen LogP contribution in [-0.4, -0.2) is 20.2 Å². The summed E-state index contributed by atoms with van der Waals surface area (Å²) in [6, 6.07) is 0. The Labute approximate surface area is 64.5 Å². The third kappa shape index (κ3) is 6.62. The van der Waals surface area contributed by atoms with E-state index in [0.717, 1.165) is 0 Å². The molecule has 48 valence electrons. The fourth-order valence-electron chi connectivity index (χ4n) is 0.194.